The minimum atomic E-state index is -0.222. The van der Waals surface area contributed by atoms with E-state index in [1.54, 1.807) is 7.11 Å². The van der Waals surface area contributed by atoms with Gasteiger partial charge in [0.25, 0.3) is 0 Å². The highest BCUT2D eigenvalue weighted by Crippen LogP contribution is 2.45. The first-order chi connectivity index (χ1) is 7.60. The highest BCUT2D eigenvalue weighted by Gasteiger charge is 2.37. The predicted molar refractivity (Wildman–Crippen MR) is 67.1 cm³/mol. The van der Waals surface area contributed by atoms with Crippen molar-refractivity contribution in [2.24, 2.45) is 5.73 Å². The third kappa shape index (κ3) is 1.80. The first kappa shape index (κ1) is 11.7. The Morgan fingerprint density at radius 2 is 2.12 bits per heavy atom. The molecule has 16 heavy (non-hydrogen) atoms. The standard InChI is InChI=1S/C13H18ClNO/c1-3-9-7-10(13(15)5-4-6-13)12(16-2)11(14)8-9/h7-8H,3-6,15H2,1-2H3. The van der Waals surface area contributed by atoms with Crippen molar-refractivity contribution in [3.05, 3.63) is 28.3 Å². The normalized spacial score (nSPS) is 18.0. The maximum absolute atomic E-state index is 6.35. The first-order valence-corrected chi connectivity index (χ1v) is 6.14. The fourth-order valence-electron chi connectivity index (χ4n) is 2.26. The third-order valence-corrected chi connectivity index (χ3v) is 3.78. The lowest BCUT2D eigenvalue weighted by Gasteiger charge is -2.39. The van der Waals surface area contributed by atoms with E-state index in [-0.39, 0.29) is 5.54 Å². The van der Waals surface area contributed by atoms with Gasteiger partial charge >= 0.3 is 0 Å². The summed E-state index contributed by atoms with van der Waals surface area (Å²) in [5.41, 5.74) is 8.43. The van der Waals surface area contributed by atoms with Crippen molar-refractivity contribution in [1.82, 2.24) is 0 Å². The van der Waals surface area contributed by atoms with Crippen LogP contribution in [0.1, 0.15) is 37.3 Å². The van der Waals surface area contributed by atoms with Crippen molar-refractivity contribution in [3.8, 4) is 5.75 Å². The summed E-state index contributed by atoms with van der Waals surface area (Å²) in [4.78, 5) is 0. The molecule has 1 aliphatic carbocycles. The summed E-state index contributed by atoms with van der Waals surface area (Å²) < 4.78 is 5.39. The summed E-state index contributed by atoms with van der Waals surface area (Å²) in [6, 6.07) is 4.11. The predicted octanol–water partition coefficient (Wildman–Crippen LogP) is 3.25. The van der Waals surface area contributed by atoms with Gasteiger partial charge in [0.1, 0.15) is 5.75 Å². The molecule has 1 aromatic rings. The van der Waals surface area contributed by atoms with Crippen LogP contribution in [0.3, 0.4) is 0 Å². The molecule has 0 aromatic heterocycles. The molecule has 2 nitrogen and oxygen atoms in total. The highest BCUT2D eigenvalue weighted by atomic mass is 35.5. The molecular formula is C13H18ClNO. The number of halogens is 1. The van der Waals surface area contributed by atoms with Crippen molar-refractivity contribution in [2.45, 2.75) is 38.1 Å². The van der Waals surface area contributed by atoms with Crippen molar-refractivity contribution >= 4 is 11.6 Å². The van der Waals surface area contributed by atoms with Crippen molar-refractivity contribution in [3.63, 3.8) is 0 Å². The number of ether oxygens (including phenoxy) is 1. The zero-order valence-electron chi connectivity index (χ0n) is 9.85. The Labute approximate surface area is 102 Å². The van der Waals surface area contributed by atoms with Crippen molar-refractivity contribution < 1.29 is 4.74 Å². The van der Waals surface area contributed by atoms with Gasteiger partial charge in [-0.15, -0.1) is 0 Å². The van der Waals surface area contributed by atoms with Gasteiger partial charge in [0.05, 0.1) is 12.1 Å². The molecule has 0 spiro atoms. The Kier molecular flexibility index (Phi) is 3.13. The van der Waals surface area contributed by atoms with Gasteiger partial charge in [0.2, 0.25) is 0 Å². The van der Waals surface area contributed by atoms with Gasteiger partial charge in [-0.25, -0.2) is 0 Å². The molecule has 1 saturated carbocycles. The number of aryl methyl sites for hydroxylation is 1. The minimum absolute atomic E-state index is 0.222. The second-order valence-electron chi connectivity index (χ2n) is 4.52. The summed E-state index contributed by atoms with van der Waals surface area (Å²) in [7, 11) is 1.65. The fraction of sp³-hybridized carbons (Fsp3) is 0.538. The van der Waals surface area contributed by atoms with Crippen molar-refractivity contribution in [1.29, 1.82) is 0 Å². The maximum Gasteiger partial charge on any atom is 0.142 e. The van der Waals surface area contributed by atoms with E-state index in [1.807, 2.05) is 6.07 Å². The van der Waals surface area contributed by atoms with Gasteiger partial charge in [0.15, 0.2) is 0 Å². The van der Waals surface area contributed by atoms with Gasteiger partial charge in [-0.2, -0.15) is 0 Å². The number of hydrogen-bond donors (Lipinski definition) is 1. The van der Waals surface area contributed by atoms with Crippen LogP contribution in [-0.4, -0.2) is 7.11 Å². The quantitative estimate of drug-likeness (QED) is 0.879. The maximum atomic E-state index is 6.35. The molecule has 0 heterocycles. The number of hydrogen-bond acceptors (Lipinski definition) is 2. The SMILES string of the molecule is CCc1cc(Cl)c(OC)c(C2(N)CCC2)c1. The molecule has 2 rings (SSSR count). The van der Waals surface area contributed by atoms with Gasteiger partial charge in [0, 0.05) is 11.1 Å². The fourth-order valence-corrected chi connectivity index (χ4v) is 2.58. The lowest BCUT2D eigenvalue weighted by molar-refractivity contribution is 0.243. The van der Waals surface area contributed by atoms with E-state index in [9.17, 15) is 0 Å². The molecular weight excluding hydrogens is 222 g/mol. The molecule has 0 saturated heterocycles. The van der Waals surface area contributed by atoms with Crippen LogP contribution in [0.4, 0.5) is 0 Å². The van der Waals surface area contributed by atoms with Crippen LogP contribution in [0, 0.1) is 0 Å². The summed E-state index contributed by atoms with van der Waals surface area (Å²) >= 11 is 6.22. The lowest BCUT2D eigenvalue weighted by atomic mass is 9.72. The topological polar surface area (TPSA) is 35.2 Å². The van der Waals surface area contributed by atoms with E-state index in [2.05, 4.69) is 13.0 Å². The summed E-state index contributed by atoms with van der Waals surface area (Å²) in [6.45, 7) is 2.12. The van der Waals surface area contributed by atoms with Crippen LogP contribution in [0.15, 0.2) is 12.1 Å². The van der Waals surface area contributed by atoms with Crippen LogP contribution < -0.4 is 10.5 Å². The Morgan fingerprint density at radius 3 is 2.56 bits per heavy atom. The monoisotopic (exact) mass is 239 g/mol. The van der Waals surface area contributed by atoms with Crippen molar-refractivity contribution in [2.75, 3.05) is 7.11 Å². The average Bonchev–Trinajstić information content (AvgIpc) is 2.24. The zero-order valence-corrected chi connectivity index (χ0v) is 10.6. The van der Waals surface area contributed by atoms with Gasteiger partial charge < -0.3 is 10.5 Å². The highest BCUT2D eigenvalue weighted by molar-refractivity contribution is 6.32. The average molecular weight is 240 g/mol. The minimum Gasteiger partial charge on any atom is -0.495 e. The Morgan fingerprint density at radius 1 is 1.44 bits per heavy atom. The third-order valence-electron chi connectivity index (χ3n) is 3.50. The molecule has 1 fully saturated rings. The van der Waals surface area contributed by atoms with Crippen LogP contribution >= 0.6 is 11.6 Å². The Hall–Kier alpha value is -0.730. The molecule has 0 aliphatic heterocycles. The second kappa shape index (κ2) is 4.27. The first-order valence-electron chi connectivity index (χ1n) is 5.76. The summed E-state index contributed by atoms with van der Waals surface area (Å²) in [6.07, 6.45) is 4.19. The molecule has 1 aromatic carbocycles. The van der Waals surface area contributed by atoms with Gasteiger partial charge in [-0.1, -0.05) is 24.6 Å². The molecule has 0 atom stereocenters. The molecule has 3 heteroatoms. The zero-order chi connectivity index (χ0) is 11.8. The molecule has 0 amide bonds. The van der Waals surface area contributed by atoms with Crippen LogP contribution in [0.2, 0.25) is 5.02 Å². The second-order valence-corrected chi connectivity index (χ2v) is 4.93. The van der Waals surface area contributed by atoms with E-state index < -0.39 is 0 Å². The van der Waals surface area contributed by atoms with E-state index in [0.29, 0.717) is 5.02 Å². The molecule has 0 bridgehead atoms. The van der Waals surface area contributed by atoms with Gasteiger partial charge in [-0.3, -0.25) is 0 Å². The van der Waals surface area contributed by atoms with Gasteiger partial charge in [-0.05, 0) is 37.3 Å². The number of nitrogens with two attached hydrogens (primary N) is 1. The van der Waals surface area contributed by atoms with E-state index >= 15 is 0 Å². The van der Waals surface area contributed by atoms with Crippen LogP contribution in [0.25, 0.3) is 0 Å². The van der Waals surface area contributed by atoms with E-state index in [1.165, 1.54) is 12.0 Å². The lowest BCUT2D eigenvalue weighted by Crippen LogP contribution is -2.43. The largest absolute Gasteiger partial charge is 0.495 e. The Balaban J connectivity index is 2.52. The molecule has 0 radical (unpaired) electrons. The number of methoxy groups -OCH3 is 1. The number of rotatable bonds is 3. The molecule has 0 unspecified atom stereocenters. The molecule has 88 valence electrons. The van der Waals surface area contributed by atoms with Crippen LogP contribution in [0.5, 0.6) is 5.75 Å². The van der Waals surface area contributed by atoms with Crippen LogP contribution in [-0.2, 0) is 12.0 Å². The number of benzene rings is 1. The molecule has 2 N–H and O–H groups in total. The smallest absolute Gasteiger partial charge is 0.142 e. The van der Waals surface area contributed by atoms with E-state index in [4.69, 9.17) is 22.1 Å². The summed E-state index contributed by atoms with van der Waals surface area (Å²) in [5.74, 6) is 0.751. The Bertz CT molecular complexity index is 399. The summed E-state index contributed by atoms with van der Waals surface area (Å²) in [5, 5.41) is 0.675. The van der Waals surface area contributed by atoms with E-state index in [0.717, 1.165) is 30.6 Å². The molecule has 1 aliphatic rings.